The van der Waals surface area contributed by atoms with E-state index in [-0.39, 0.29) is 11.2 Å². The van der Waals surface area contributed by atoms with Gasteiger partial charge in [0.15, 0.2) is 11.2 Å². The van der Waals surface area contributed by atoms with Crippen LogP contribution in [-0.4, -0.2) is 19.9 Å². The van der Waals surface area contributed by atoms with Gasteiger partial charge in [-0.3, -0.25) is 14.8 Å². The van der Waals surface area contributed by atoms with Gasteiger partial charge in [0.05, 0.1) is 11.0 Å². The van der Waals surface area contributed by atoms with Gasteiger partial charge in [-0.25, -0.2) is 14.8 Å². The number of fused-ring (bicyclic) bond motifs is 2. The first-order valence-electron chi connectivity index (χ1n) is 6.58. The number of rotatable bonds is 2. The third kappa shape index (κ3) is 1.89. The van der Waals surface area contributed by atoms with E-state index in [1.54, 1.807) is 0 Å². The molecule has 20 heavy (non-hydrogen) atoms. The topological polar surface area (TPSA) is 91.5 Å². The molecular weight excluding hydrogens is 256 g/mol. The molecule has 0 aliphatic heterocycles. The molecule has 3 aromatic rings. The number of aryl methyl sites for hydroxylation is 2. The maximum absolute atomic E-state index is 11.7. The molecule has 6 heteroatoms. The van der Waals surface area contributed by atoms with Gasteiger partial charge in [-0.15, -0.1) is 0 Å². The van der Waals surface area contributed by atoms with Gasteiger partial charge in [-0.1, -0.05) is 13.8 Å². The molecule has 0 bridgehead atoms. The number of nitrogens with one attached hydrogen (secondary N) is 2. The summed E-state index contributed by atoms with van der Waals surface area (Å²) >= 11 is 0. The molecule has 0 saturated carbocycles. The summed E-state index contributed by atoms with van der Waals surface area (Å²) in [5.41, 5.74) is 3.06. The minimum atomic E-state index is -0.572. The predicted octanol–water partition coefficient (Wildman–Crippen LogP) is 1.28. The average molecular weight is 270 g/mol. The molecule has 0 radical (unpaired) electrons. The number of hydrogen-bond acceptors (Lipinski definition) is 4. The van der Waals surface area contributed by atoms with Gasteiger partial charge in [0.25, 0.3) is 5.56 Å². The Morgan fingerprint density at radius 1 is 0.950 bits per heavy atom. The monoisotopic (exact) mass is 270 g/mol. The summed E-state index contributed by atoms with van der Waals surface area (Å²) in [6.45, 7) is 4.17. The van der Waals surface area contributed by atoms with Crippen molar-refractivity contribution in [2.45, 2.75) is 26.7 Å². The Labute approximate surface area is 113 Å². The zero-order valence-corrected chi connectivity index (χ0v) is 11.3. The summed E-state index contributed by atoms with van der Waals surface area (Å²) in [5, 5.41) is 0. The van der Waals surface area contributed by atoms with Gasteiger partial charge >= 0.3 is 5.69 Å². The van der Waals surface area contributed by atoms with Crippen LogP contribution < -0.4 is 11.2 Å². The largest absolute Gasteiger partial charge is 0.327 e. The first-order chi connectivity index (χ1) is 9.62. The molecule has 2 heterocycles. The molecule has 0 atom stereocenters. The van der Waals surface area contributed by atoms with E-state index in [2.05, 4.69) is 33.8 Å². The van der Waals surface area contributed by atoms with Gasteiger partial charge in [0.1, 0.15) is 0 Å². The first kappa shape index (κ1) is 12.5. The Balaban J connectivity index is 2.44. The third-order valence-corrected chi connectivity index (χ3v) is 3.42. The van der Waals surface area contributed by atoms with Gasteiger partial charge < -0.3 is 0 Å². The average Bonchev–Trinajstić information content (AvgIpc) is 2.44. The van der Waals surface area contributed by atoms with Crippen LogP contribution in [0.15, 0.2) is 21.7 Å². The van der Waals surface area contributed by atoms with E-state index in [1.165, 1.54) is 11.1 Å². The van der Waals surface area contributed by atoms with Crippen LogP contribution in [0.2, 0.25) is 0 Å². The van der Waals surface area contributed by atoms with Gasteiger partial charge in [0.2, 0.25) is 0 Å². The van der Waals surface area contributed by atoms with Crippen molar-refractivity contribution in [3.63, 3.8) is 0 Å². The molecule has 6 nitrogen and oxygen atoms in total. The fourth-order valence-electron chi connectivity index (χ4n) is 2.39. The second-order valence-corrected chi connectivity index (χ2v) is 4.65. The number of H-pyrrole nitrogens is 2. The molecular formula is C14H14N4O2. The lowest BCUT2D eigenvalue weighted by molar-refractivity contribution is 1.03. The van der Waals surface area contributed by atoms with Gasteiger partial charge in [-0.05, 0) is 36.1 Å². The van der Waals surface area contributed by atoms with Crippen molar-refractivity contribution in [1.82, 2.24) is 19.9 Å². The molecule has 1 aromatic carbocycles. The van der Waals surface area contributed by atoms with E-state index in [0.29, 0.717) is 11.0 Å². The summed E-state index contributed by atoms with van der Waals surface area (Å²) in [6, 6.07) is 3.94. The summed E-state index contributed by atoms with van der Waals surface area (Å²) in [4.78, 5) is 36.4. The maximum atomic E-state index is 11.7. The Kier molecular flexibility index (Phi) is 2.85. The Hall–Kier alpha value is -2.50. The number of hydrogen-bond donors (Lipinski definition) is 2. The van der Waals surface area contributed by atoms with Crippen LogP contribution in [0.5, 0.6) is 0 Å². The lowest BCUT2D eigenvalue weighted by atomic mass is 10.0. The highest BCUT2D eigenvalue weighted by molar-refractivity contribution is 5.84. The zero-order valence-electron chi connectivity index (χ0n) is 11.3. The molecule has 2 aromatic heterocycles. The molecule has 2 N–H and O–H groups in total. The van der Waals surface area contributed by atoms with Crippen LogP contribution in [0.1, 0.15) is 25.0 Å². The summed E-state index contributed by atoms with van der Waals surface area (Å²) in [7, 11) is 0. The molecule has 0 spiro atoms. The Morgan fingerprint density at radius 2 is 1.55 bits per heavy atom. The third-order valence-electron chi connectivity index (χ3n) is 3.42. The second-order valence-electron chi connectivity index (χ2n) is 4.65. The predicted molar refractivity (Wildman–Crippen MR) is 77.0 cm³/mol. The van der Waals surface area contributed by atoms with E-state index in [1.807, 2.05) is 12.1 Å². The standard InChI is InChI=1S/C14H14N4O2/c1-3-7-5-9-10(6-8(7)4-2)16-12-11(15-9)13(19)18-14(20)17-12/h5-6H,3-4H2,1-2H3,(H2,16,17,18,19,20). The van der Waals surface area contributed by atoms with E-state index in [4.69, 9.17) is 0 Å². The van der Waals surface area contributed by atoms with Crippen molar-refractivity contribution in [2.75, 3.05) is 0 Å². The minimum Gasteiger partial charge on any atom is -0.290 e. The summed E-state index contributed by atoms with van der Waals surface area (Å²) in [5.74, 6) is 0. The van der Waals surface area contributed by atoms with Gasteiger partial charge in [-0.2, -0.15) is 0 Å². The van der Waals surface area contributed by atoms with Crippen LogP contribution >= 0.6 is 0 Å². The Morgan fingerprint density at radius 3 is 2.15 bits per heavy atom. The lowest BCUT2D eigenvalue weighted by Crippen LogP contribution is -2.23. The normalized spacial score (nSPS) is 11.3. The molecule has 102 valence electrons. The van der Waals surface area contributed by atoms with Crippen molar-refractivity contribution in [2.24, 2.45) is 0 Å². The molecule has 0 amide bonds. The smallest absolute Gasteiger partial charge is 0.290 e. The first-order valence-corrected chi connectivity index (χ1v) is 6.58. The highest BCUT2D eigenvalue weighted by Crippen LogP contribution is 2.19. The fraction of sp³-hybridized carbons (Fsp3) is 0.286. The fourth-order valence-corrected chi connectivity index (χ4v) is 2.39. The highest BCUT2D eigenvalue weighted by Gasteiger charge is 2.09. The summed E-state index contributed by atoms with van der Waals surface area (Å²) in [6.07, 6.45) is 1.81. The zero-order chi connectivity index (χ0) is 14.3. The van der Waals surface area contributed by atoms with Crippen LogP contribution in [0.3, 0.4) is 0 Å². The number of aromatic amines is 2. The molecule has 0 saturated heterocycles. The van der Waals surface area contributed by atoms with Crippen molar-refractivity contribution in [1.29, 1.82) is 0 Å². The molecule has 0 aliphatic rings. The van der Waals surface area contributed by atoms with E-state index >= 15 is 0 Å². The van der Waals surface area contributed by atoms with Gasteiger partial charge in [0, 0.05) is 0 Å². The van der Waals surface area contributed by atoms with Crippen molar-refractivity contribution in [3.05, 3.63) is 44.1 Å². The van der Waals surface area contributed by atoms with Crippen molar-refractivity contribution < 1.29 is 0 Å². The minimum absolute atomic E-state index is 0.156. The number of nitrogens with zero attached hydrogens (tertiary/aromatic N) is 2. The van der Waals surface area contributed by atoms with Crippen LogP contribution in [0.25, 0.3) is 22.2 Å². The quantitative estimate of drug-likeness (QED) is 0.686. The molecule has 0 fully saturated rings. The van der Waals surface area contributed by atoms with Crippen LogP contribution in [0, 0.1) is 0 Å². The van der Waals surface area contributed by atoms with Crippen LogP contribution in [-0.2, 0) is 12.8 Å². The van der Waals surface area contributed by atoms with Crippen molar-refractivity contribution in [3.8, 4) is 0 Å². The van der Waals surface area contributed by atoms with E-state index in [9.17, 15) is 9.59 Å². The van der Waals surface area contributed by atoms with Crippen molar-refractivity contribution >= 4 is 22.2 Å². The molecule has 3 rings (SSSR count). The SMILES string of the molecule is CCc1cc2nc3[nH]c(=O)[nH]c(=O)c3nc2cc1CC. The number of benzene rings is 1. The Bertz CT molecular complexity index is 924. The summed E-state index contributed by atoms with van der Waals surface area (Å²) < 4.78 is 0. The molecule has 0 aliphatic carbocycles. The van der Waals surface area contributed by atoms with E-state index in [0.717, 1.165) is 12.8 Å². The second kappa shape index (κ2) is 4.56. The maximum Gasteiger partial charge on any atom is 0.327 e. The highest BCUT2D eigenvalue weighted by atomic mass is 16.2. The number of aromatic nitrogens is 4. The van der Waals surface area contributed by atoms with Crippen LogP contribution in [0.4, 0.5) is 0 Å². The lowest BCUT2D eigenvalue weighted by Gasteiger charge is -2.07. The van der Waals surface area contributed by atoms with E-state index < -0.39 is 11.2 Å². The molecule has 0 unspecified atom stereocenters.